The first-order valence-corrected chi connectivity index (χ1v) is 15.9. The van der Waals surface area contributed by atoms with Crippen LogP contribution in [0.1, 0.15) is 123 Å². The van der Waals surface area contributed by atoms with E-state index in [1.54, 1.807) is 6.92 Å². The molecule has 0 aromatic heterocycles. The fourth-order valence-corrected chi connectivity index (χ4v) is 4.61. The van der Waals surface area contributed by atoms with Gasteiger partial charge < -0.3 is 33.9 Å². The van der Waals surface area contributed by atoms with Gasteiger partial charge in [-0.3, -0.25) is 4.57 Å². The van der Waals surface area contributed by atoms with Gasteiger partial charge in [0.1, 0.15) is 11.9 Å². The lowest BCUT2D eigenvalue weighted by atomic mass is 10.0. The summed E-state index contributed by atoms with van der Waals surface area (Å²) in [6, 6.07) is 0. The highest BCUT2D eigenvalue weighted by molar-refractivity contribution is 7.45. The maximum Gasteiger partial charge on any atom is 0.268 e. The summed E-state index contributed by atoms with van der Waals surface area (Å²) in [6.07, 6.45) is 19.8. The summed E-state index contributed by atoms with van der Waals surface area (Å²) in [4.78, 5) is 22.8. The van der Waals surface area contributed by atoms with E-state index >= 15 is 0 Å². The molecule has 0 radical (unpaired) electrons. The van der Waals surface area contributed by atoms with Crippen LogP contribution < -0.4 is 10.6 Å². The monoisotopic (exact) mass is 536 g/mol. The van der Waals surface area contributed by atoms with Crippen LogP contribution in [0.15, 0.2) is 0 Å². The lowest BCUT2D eigenvalue weighted by molar-refractivity contribution is -0.228. The van der Waals surface area contributed by atoms with Crippen molar-refractivity contribution >= 4 is 13.6 Å². The Morgan fingerprint density at radius 1 is 0.750 bits per heavy atom. The van der Waals surface area contributed by atoms with Gasteiger partial charge in [0.05, 0.1) is 19.8 Å². The van der Waals surface area contributed by atoms with E-state index in [0.717, 1.165) is 19.3 Å². The van der Waals surface area contributed by atoms with Gasteiger partial charge in [-0.15, -0.1) is 0 Å². The molecule has 0 aliphatic heterocycles. The topological polar surface area (TPSA) is 120 Å². The summed E-state index contributed by atoms with van der Waals surface area (Å²) in [7, 11) is -4.41. The van der Waals surface area contributed by atoms with Gasteiger partial charge in [0.2, 0.25) is 0 Å². The number of unbranched alkanes of at least 4 members (excludes halogenated alkanes) is 14. The second kappa shape index (κ2) is 26.3. The average Bonchev–Trinajstić information content (AvgIpc) is 2.84. The van der Waals surface area contributed by atoms with E-state index < -0.39 is 13.9 Å². The minimum atomic E-state index is -4.41. The average molecular weight is 537 g/mol. The maximum atomic E-state index is 11.8. The van der Waals surface area contributed by atoms with Crippen molar-refractivity contribution in [3.8, 4) is 0 Å². The summed E-state index contributed by atoms with van der Waals surface area (Å²) < 4.78 is 32.8. The zero-order valence-electron chi connectivity index (χ0n) is 23.2. The van der Waals surface area contributed by atoms with Crippen molar-refractivity contribution in [3.63, 3.8) is 0 Å². The highest BCUT2D eigenvalue weighted by Crippen LogP contribution is 2.38. The number of carbonyl (C=O) groups is 1. The first kappa shape index (κ1) is 35.7. The van der Waals surface area contributed by atoms with Crippen molar-refractivity contribution in [1.82, 2.24) is 0 Å². The van der Waals surface area contributed by atoms with Gasteiger partial charge in [-0.2, -0.15) is 0 Å². The Kier molecular flexibility index (Phi) is 26.0. The number of ether oxygens (including phenoxy) is 2. The van der Waals surface area contributed by atoms with Crippen LogP contribution >= 0.6 is 7.82 Å². The lowest BCUT2D eigenvalue weighted by Crippen LogP contribution is -2.27. The highest BCUT2D eigenvalue weighted by atomic mass is 31.2. The molecule has 0 aromatic rings. The van der Waals surface area contributed by atoms with E-state index in [-0.39, 0.29) is 32.1 Å². The van der Waals surface area contributed by atoms with Gasteiger partial charge in [-0.25, -0.2) is 0 Å². The van der Waals surface area contributed by atoms with Crippen LogP contribution in [-0.2, 0) is 27.9 Å². The van der Waals surface area contributed by atoms with Gasteiger partial charge in [0, 0.05) is 26.2 Å². The fourth-order valence-electron chi connectivity index (χ4n) is 3.86. The smallest absolute Gasteiger partial charge is 0.268 e. The van der Waals surface area contributed by atoms with Crippen LogP contribution in [0.3, 0.4) is 0 Å². The first-order chi connectivity index (χ1) is 17.4. The third kappa shape index (κ3) is 26.7. The standard InChI is InChI=1S/C27H56NO7P/c1-3-4-5-6-7-8-9-10-11-12-13-14-15-17-21-32-24-27(33-22-18-16-19-26(2)29)25-35-36(30,31)34-23-20-28/h27H,3-25,28H2,1-2H3,(H,30,31)/p-1. The lowest BCUT2D eigenvalue weighted by Gasteiger charge is -2.25. The molecule has 0 saturated carbocycles. The predicted molar refractivity (Wildman–Crippen MR) is 144 cm³/mol. The van der Waals surface area contributed by atoms with E-state index in [1.807, 2.05) is 0 Å². The van der Waals surface area contributed by atoms with E-state index in [1.165, 1.54) is 77.0 Å². The Labute approximate surface area is 221 Å². The van der Waals surface area contributed by atoms with Gasteiger partial charge in [0.25, 0.3) is 7.82 Å². The van der Waals surface area contributed by atoms with E-state index in [2.05, 4.69) is 11.4 Å². The van der Waals surface area contributed by atoms with Crippen molar-refractivity contribution < 1.29 is 32.8 Å². The van der Waals surface area contributed by atoms with Gasteiger partial charge >= 0.3 is 0 Å². The van der Waals surface area contributed by atoms with Crippen molar-refractivity contribution in [3.05, 3.63) is 0 Å². The number of Topliss-reactive ketones (excluding diaryl/α,β-unsaturated/α-hetero) is 1. The third-order valence-corrected chi connectivity index (χ3v) is 6.97. The molecule has 0 aliphatic rings. The Morgan fingerprint density at radius 2 is 1.28 bits per heavy atom. The van der Waals surface area contributed by atoms with Crippen LogP contribution in [0.25, 0.3) is 0 Å². The molecule has 2 N–H and O–H groups in total. The molecule has 0 rings (SSSR count). The van der Waals surface area contributed by atoms with Crippen molar-refractivity contribution in [2.75, 3.05) is 39.6 Å². The molecule has 0 saturated heterocycles. The van der Waals surface area contributed by atoms with E-state index in [4.69, 9.17) is 19.7 Å². The predicted octanol–water partition coefficient (Wildman–Crippen LogP) is 6.09. The minimum Gasteiger partial charge on any atom is -0.756 e. The molecule has 0 spiro atoms. The third-order valence-electron chi connectivity index (χ3n) is 6.01. The molecular formula is C27H55NO7P-. The minimum absolute atomic E-state index is 0.0912. The largest absolute Gasteiger partial charge is 0.756 e. The molecule has 9 heteroatoms. The van der Waals surface area contributed by atoms with Crippen molar-refractivity contribution in [1.29, 1.82) is 0 Å². The SMILES string of the molecule is CCCCCCCCCCCCCCCCOCC(COP(=O)([O-])OCCN)OCCCCC(C)=O. The second-order valence-electron chi connectivity index (χ2n) is 9.69. The Hall–Kier alpha value is -0.340. The molecule has 36 heavy (non-hydrogen) atoms. The number of hydrogen-bond acceptors (Lipinski definition) is 8. The van der Waals surface area contributed by atoms with E-state index in [9.17, 15) is 14.3 Å². The molecule has 2 atom stereocenters. The molecule has 2 unspecified atom stereocenters. The fraction of sp³-hybridized carbons (Fsp3) is 0.963. The Balaban J connectivity index is 3.85. The number of hydrogen-bond donors (Lipinski definition) is 1. The van der Waals surface area contributed by atoms with Crippen molar-refractivity contribution in [2.45, 2.75) is 129 Å². The second-order valence-corrected chi connectivity index (χ2v) is 11.1. The molecule has 216 valence electrons. The molecule has 0 amide bonds. The zero-order valence-corrected chi connectivity index (χ0v) is 24.1. The van der Waals surface area contributed by atoms with E-state index in [0.29, 0.717) is 26.1 Å². The number of carbonyl (C=O) groups excluding carboxylic acids is 1. The summed E-state index contributed by atoms with van der Waals surface area (Å²) >= 11 is 0. The number of phosphoric acid groups is 1. The normalized spacial score (nSPS) is 14.1. The van der Waals surface area contributed by atoms with Crippen LogP contribution in [0, 0.1) is 0 Å². The summed E-state index contributed by atoms with van der Waals surface area (Å²) in [6.45, 7) is 4.91. The highest BCUT2D eigenvalue weighted by Gasteiger charge is 2.16. The molecule has 0 aliphatic carbocycles. The maximum absolute atomic E-state index is 11.8. The molecule has 0 fully saturated rings. The van der Waals surface area contributed by atoms with Crippen LogP contribution in [0.5, 0.6) is 0 Å². The molecule has 0 aromatic carbocycles. The number of nitrogens with two attached hydrogens (primary N) is 1. The molecular weight excluding hydrogens is 481 g/mol. The molecule has 8 nitrogen and oxygen atoms in total. The van der Waals surface area contributed by atoms with Crippen LogP contribution in [-0.4, -0.2) is 51.5 Å². The van der Waals surface area contributed by atoms with Gasteiger partial charge in [-0.1, -0.05) is 90.4 Å². The molecule has 0 heterocycles. The van der Waals surface area contributed by atoms with Gasteiger partial charge in [-0.05, 0) is 26.2 Å². The number of rotatable bonds is 29. The quantitative estimate of drug-likeness (QED) is 0.0901. The summed E-state index contributed by atoms with van der Waals surface area (Å²) in [5, 5.41) is 0. The summed E-state index contributed by atoms with van der Waals surface area (Å²) in [5.74, 6) is 0.149. The van der Waals surface area contributed by atoms with Gasteiger partial charge in [0.15, 0.2) is 0 Å². The van der Waals surface area contributed by atoms with Crippen LogP contribution in [0.4, 0.5) is 0 Å². The number of phosphoric ester groups is 1. The Bertz CT molecular complexity index is 536. The zero-order chi connectivity index (χ0) is 26.7. The van der Waals surface area contributed by atoms with Crippen LogP contribution in [0.2, 0.25) is 0 Å². The number of ketones is 1. The molecule has 0 bridgehead atoms. The van der Waals surface area contributed by atoms with Crippen molar-refractivity contribution in [2.24, 2.45) is 5.73 Å². The summed E-state index contributed by atoms with van der Waals surface area (Å²) in [5.41, 5.74) is 5.27. The Morgan fingerprint density at radius 3 is 1.81 bits per heavy atom. The first-order valence-electron chi connectivity index (χ1n) is 14.4.